The summed E-state index contributed by atoms with van der Waals surface area (Å²) in [6.45, 7) is 5.74. The van der Waals surface area contributed by atoms with Crippen molar-refractivity contribution in [3.05, 3.63) is 60.4 Å². The molecule has 0 saturated carbocycles. The molecule has 1 aliphatic heterocycles. The number of likely N-dealkylation sites (tertiary alicyclic amines) is 1. The van der Waals surface area contributed by atoms with Crippen LogP contribution in [0.2, 0.25) is 0 Å². The molecule has 5 heteroatoms. The Kier molecular flexibility index (Phi) is 6.12. The molecule has 1 aliphatic rings. The molecule has 0 radical (unpaired) electrons. The Bertz CT molecular complexity index is 633. The predicted octanol–water partition coefficient (Wildman–Crippen LogP) is 3.01. The molecule has 2 aromatic rings. The molecule has 3 rings (SSSR count). The number of piperidine rings is 1. The first-order valence-electron chi connectivity index (χ1n) is 9.16. The third-order valence-electron chi connectivity index (χ3n) is 5.02. The third kappa shape index (κ3) is 5.10. The molecular formula is C20H28N4O. The van der Waals surface area contributed by atoms with Crippen LogP contribution in [0.3, 0.4) is 0 Å². The first-order chi connectivity index (χ1) is 12.2. The number of aromatic nitrogens is 1. The normalized spacial score (nSPS) is 17.2. The van der Waals surface area contributed by atoms with Gasteiger partial charge in [-0.2, -0.15) is 0 Å². The molecule has 1 atom stereocenters. The smallest absolute Gasteiger partial charge is 0.315 e. The lowest BCUT2D eigenvalue weighted by Crippen LogP contribution is -2.48. The minimum absolute atomic E-state index is 0.0540. The van der Waals surface area contributed by atoms with E-state index in [-0.39, 0.29) is 12.1 Å². The molecule has 1 unspecified atom stereocenters. The van der Waals surface area contributed by atoms with Crippen LogP contribution in [-0.2, 0) is 6.54 Å². The summed E-state index contributed by atoms with van der Waals surface area (Å²) in [5.74, 6) is 0. The quantitative estimate of drug-likeness (QED) is 0.849. The number of nitrogens with one attached hydrogen (secondary N) is 2. The molecule has 0 aliphatic carbocycles. The van der Waals surface area contributed by atoms with E-state index in [1.165, 1.54) is 5.56 Å². The molecule has 1 aromatic carbocycles. The number of nitrogens with zero attached hydrogens (tertiary/aromatic N) is 2. The topological polar surface area (TPSA) is 49.3 Å². The van der Waals surface area contributed by atoms with Crippen LogP contribution in [-0.4, -0.2) is 41.2 Å². The second-order valence-electron chi connectivity index (χ2n) is 6.72. The summed E-state index contributed by atoms with van der Waals surface area (Å²) in [7, 11) is 0. The Morgan fingerprint density at radius 3 is 2.48 bits per heavy atom. The van der Waals surface area contributed by atoms with Crippen molar-refractivity contribution in [2.75, 3.05) is 19.6 Å². The molecule has 2 heterocycles. The van der Waals surface area contributed by atoms with E-state index in [1.807, 2.05) is 24.5 Å². The Hall–Kier alpha value is -2.27. The van der Waals surface area contributed by atoms with Crippen LogP contribution in [0.5, 0.6) is 0 Å². The van der Waals surface area contributed by atoms with Gasteiger partial charge in [-0.15, -0.1) is 0 Å². The summed E-state index contributed by atoms with van der Waals surface area (Å²) in [6.07, 6.45) is 6.01. The minimum atomic E-state index is -0.0540. The monoisotopic (exact) mass is 340 g/mol. The fraction of sp³-hybridized carbons (Fsp3) is 0.450. The van der Waals surface area contributed by atoms with Crippen LogP contribution >= 0.6 is 0 Å². The molecule has 0 bridgehead atoms. The van der Waals surface area contributed by atoms with E-state index in [4.69, 9.17) is 0 Å². The Morgan fingerprint density at radius 2 is 1.80 bits per heavy atom. The lowest BCUT2D eigenvalue weighted by molar-refractivity contribution is 0.153. The van der Waals surface area contributed by atoms with Crippen LogP contribution < -0.4 is 10.6 Å². The largest absolute Gasteiger partial charge is 0.353 e. The maximum Gasteiger partial charge on any atom is 0.315 e. The van der Waals surface area contributed by atoms with Crippen LogP contribution in [0.4, 0.5) is 4.79 Å². The van der Waals surface area contributed by atoms with Gasteiger partial charge in [0.1, 0.15) is 0 Å². The van der Waals surface area contributed by atoms with Gasteiger partial charge in [-0.1, -0.05) is 30.3 Å². The first kappa shape index (κ1) is 17.5. The highest BCUT2D eigenvalue weighted by Gasteiger charge is 2.24. The summed E-state index contributed by atoms with van der Waals surface area (Å²) in [4.78, 5) is 14.5. The van der Waals surface area contributed by atoms with Gasteiger partial charge >= 0.3 is 6.03 Å². The van der Waals surface area contributed by atoms with Crippen molar-refractivity contribution in [3.63, 3.8) is 0 Å². The summed E-state index contributed by atoms with van der Waals surface area (Å²) in [6, 6.07) is 15.2. The second-order valence-corrected chi connectivity index (χ2v) is 6.72. The highest BCUT2D eigenvalue weighted by atomic mass is 16.2. The fourth-order valence-corrected chi connectivity index (χ4v) is 3.43. The van der Waals surface area contributed by atoms with E-state index in [0.717, 1.165) is 32.5 Å². The molecule has 0 spiro atoms. The molecule has 1 fully saturated rings. The van der Waals surface area contributed by atoms with Gasteiger partial charge in [-0.25, -0.2) is 4.79 Å². The number of hydrogen-bond donors (Lipinski definition) is 2. The minimum Gasteiger partial charge on any atom is -0.353 e. The van der Waals surface area contributed by atoms with Gasteiger partial charge in [0.05, 0.1) is 0 Å². The number of carbonyl (C=O) groups excluding carboxylic acids is 1. The Balaban J connectivity index is 1.36. The maximum atomic E-state index is 12.0. The van der Waals surface area contributed by atoms with Crippen molar-refractivity contribution in [3.8, 4) is 0 Å². The van der Waals surface area contributed by atoms with E-state index in [2.05, 4.69) is 57.4 Å². The number of urea groups is 1. The highest BCUT2D eigenvalue weighted by Crippen LogP contribution is 2.23. The first-order valence-corrected chi connectivity index (χ1v) is 9.16. The van der Waals surface area contributed by atoms with E-state index in [9.17, 15) is 4.79 Å². The SMILES string of the molecule is CC(c1ccccc1)N1CCC(NC(=O)NCCn2cccc2)CC1. The fourth-order valence-electron chi connectivity index (χ4n) is 3.43. The van der Waals surface area contributed by atoms with Crippen molar-refractivity contribution in [2.45, 2.75) is 38.4 Å². The molecule has 134 valence electrons. The van der Waals surface area contributed by atoms with Gasteiger partial charge < -0.3 is 15.2 Å². The van der Waals surface area contributed by atoms with Gasteiger partial charge in [0.25, 0.3) is 0 Å². The van der Waals surface area contributed by atoms with Crippen molar-refractivity contribution < 1.29 is 4.79 Å². The predicted molar refractivity (Wildman–Crippen MR) is 100 cm³/mol. The Labute approximate surface area is 150 Å². The van der Waals surface area contributed by atoms with E-state index in [1.54, 1.807) is 0 Å². The number of benzene rings is 1. The Morgan fingerprint density at radius 1 is 1.12 bits per heavy atom. The second kappa shape index (κ2) is 8.72. The van der Waals surface area contributed by atoms with Crippen molar-refractivity contribution in [1.82, 2.24) is 20.1 Å². The van der Waals surface area contributed by atoms with Crippen LogP contribution in [0.15, 0.2) is 54.9 Å². The van der Waals surface area contributed by atoms with Gasteiger partial charge in [0, 0.05) is 50.7 Å². The maximum absolute atomic E-state index is 12.0. The number of rotatable bonds is 6. The molecule has 25 heavy (non-hydrogen) atoms. The lowest BCUT2D eigenvalue weighted by Gasteiger charge is -2.36. The van der Waals surface area contributed by atoms with Gasteiger partial charge in [0.2, 0.25) is 0 Å². The zero-order valence-corrected chi connectivity index (χ0v) is 14.9. The van der Waals surface area contributed by atoms with Crippen LogP contribution in [0.1, 0.15) is 31.4 Å². The zero-order valence-electron chi connectivity index (χ0n) is 14.9. The number of amides is 2. The summed E-state index contributed by atoms with van der Waals surface area (Å²) < 4.78 is 2.06. The molecule has 1 saturated heterocycles. The third-order valence-corrected chi connectivity index (χ3v) is 5.02. The van der Waals surface area contributed by atoms with Gasteiger partial charge in [0.15, 0.2) is 0 Å². The van der Waals surface area contributed by atoms with E-state index < -0.39 is 0 Å². The molecule has 5 nitrogen and oxygen atoms in total. The molecule has 2 N–H and O–H groups in total. The summed E-state index contributed by atoms with van der Waals surface area (Å²) >= 11 is 0. The average Bonchev–Trinajstić information content (AvgIpc) is 3.16. The highest BCUT2D eigenvalue weighted by molar-refractivity contribution is 5.74. The zero-order chi connectivity index (χ0) is 17.5. The van der Waals surface area contributed by atoms with Crippen molar-refractivity contribution in [1.29, 1.82) is 0 Å². The lowest BCUT2D eigenvalue weighted by atomic mass is 10.0. The summed E-state index contributed by atoms with van der Waals surface area (Å²) in [5.41, 5.74) is 1.36. The number of hydrogen-bond acceptors (Lipinski definition) is 2. The van der Waals surface area contributed by atoms with Crippen molar-refractivity contribution in [2.24, 2.45) is 0 Å². The van der Waals surface area contributed by atoms with Gasteiger partial charge in [-0.3, -0.25) is 4.90 Å². The molecular weight excluding hydrogens is 312 g/mol. The van der Waals surface area contributed by atoms with Crippen LogP contribution in [0, 0.1) is 0 Å². The van der Waals surface area contributed by atoms with Crippen molar-refractivity contribution >= 4 is 6.03 Å². The summed E-state index contributed by atoms with van der Waals surface area (Å²) in [5, 5.41) is 6.06. The van der Waals surface area contributed by atoms with Crippen LogP contribution in [0.25, 0.3) is 0 Å². The van der Waals surface area contributed by atoms with E-state index >= 15 is 0 Å². The standard InChI is InChI=1S/C20H28N4O/c1-17(18-7-3-2-4-8-18)24-14-9-19(10-15-24)22-20(25)21-11-16-23-12-5-6-13-23/h2-8,12-13,17,19H,9-11,14-16H2,1H3,(H2,21,22,25). The number of carbonyl (C=O) groups is 1. The molecule has 1 aromatic heterocycles. The van der Waals surface area contributed by atoms with E-state index in [0.29, 0.717) is 12.6 Å². The molecule has 2 amide bonds. The average molecular weight is 340 g/mol. The van der Waals surface area contributed by atoms with Gasteiger partial charge in [-0.05, 0) is 37.5 Å².